The van der Waals surface area contributed by atoms with Crippen LogP contribution in [0, 0.1) is 0 Å². The van der Waals surface area contributed by atoms with Gasteiger partial charge in [0.25, 0.3) is 0 Å². The Balaban J connectivity index is 4.02. The second-order valence-corrected chi connectivity index (χ2v) is 15.0. The van der Waals surface area contributed by atoms with Crippen molar-refractivity contribution in [2.24, 2.45) is 0 Å². The Kier molecular flexibility index (Phi) is 2.64. The van der Waals surface area contributed by atoms with E-state index in [1.165, 1.54) is 0 Å². The molecule has 0 radical (unpaired) electrons. The molecule has 0 amide bonds. The van der Waals surface area contributed by atoms with Gasteiger partial charge in [0.05, 0.1) is 0 Å². The first kappa shape index (κ1) is 9.03. The predicted octanol–water partition coefficient (Wildman–Crippen LogP) is 2.63. The molecule has 50 valence electrons. The number of hydrogen-bond acceptors (Lipinski definition) is 0. The molecule has 1 unspecified atom stereocenters. The maximum absolute atomic E-state index is 11.6. The minimum atomic E-state index is -5.53. The van der Waals surface area contributed by atoms with Gasteiger partial charge in [-0.2, -0.15) is 0 Å². The minimum absolute atomic E-state index is 1.76. The molecule has 0 saturated heterocycles. The zero-order chi connectivity index (χ0) is 7.00. The normalized spacial score (nSPS) is 20.2. The van der Waals surface area contributed by atoms with Crippen molar-refractivity contribution in [3.05, 3.63) is 0 Å². The molecule has 8 heavy (non-hydrogen) atoms. The van der Waals surface area contributed by atoms with Crippen molar-refractivity contribution < 1.29 is 16.7 Å². The number of rotatable bonds is 0. The Morgan fingerprint density at radius 2 is 1.50 bits per heavy atom. The van der Waals surface area contributed by atoms with Crippen LogP contribution in [0.15, 0.2) is 0 Å². The van der Waals surface area contributed by atoms with E-state index in [-0.39, 0.29) is 0 Å². The van der Waals surface area contributed by atoms with Crippen molar-refractivity contribution in [3.8, 4) is 0 Å². The van der Waals surface area contributed by atoms with Gasteiger partial charge in [0, 0.05) is 0 Å². The first-order valence-electron chi connectivity index (χ1n) is 1.38. The van der Waals surface area contributed by atoms with Gasteiger partial charge in [-0.1, -0.05) is 0 Å². The van der Waals surface area contributed by atoms with Crippen LogP contribution >= 0.6 is 24.0 Å². The van der Waals surface area contributed by atoms with Crippen LogP contribution < -0.4 is 0 Å². The molecule has 0 aromatic rings. The van der Waals surface area contributed by atoms with E-state index in [9.17, 15) is 16.7 Å². The third-order valence-electron chi connectivity index (χ3n) is 0.321. The van der Waals surface area contributed by atoms with Crippen molar-refractivity contribution in [1.82, 2.24) is 0 Å². The van der Waals surface area contributed by atoms with E-state index < -0.39 is 16.0 Å². The van der Waals surface area contributed by atoms with E-state index in [1.54, 1.807) is 14.0 Å². The summed E-state index contributed by atoms with van der Waals surface area (Å²) in [6, 6.07) is 0. The summed E-state index contributed by atoms with van der Waals surface area (Å²) in [4.78, 5) is 0. The topological polar surface area (TPSA) is 0 Å². The maximum atomic E-state index is 11.6. The SMILES string of the molecule is F[C](F)(F)[Ge]([F])([Cl])[Br]. The first-order chi connectivity index (χ1) is 3.25. The van der Waals surface area contributed by atoms with Crippen LogP contribution in [0.1, 0.15) is 0 Å². The van der Waals surface area contributed by atoms with Gasteiger partial charge in [0.2, 0.25) is 0 Å². The fraction of sp³-hybridized carbons (Fsp3) is 1.00. The van der Waals surface area contributed by atoms with Gasteiger partial charge < -0.3 is 0 Å². The number of halogens is 6. The Bertz CT molecular complexity index is 71.0. The van der Waals surface area contributed by atoms with E-state index >= 15 is 0 Å². The molecule has 0 bridgehead atoms. The molecule has 0 aliphatic rings. The van der Waals surface area contributed by atoms with E-state index in [1.807, 2.05) is 0 Å². The molecule has 1 atom stereocenters. The molecule has 7 heteroatoms. The molecule has 0 aliphatic carbocycles. The zero-order valence-electron chi connectivity index (χ0n) is 3.27. The summed E-state index contributed by atoms with van der Waals surface area (Å²) in [7, 11) is -1.21. The molecular formula is CBrClF4Ge. The summed E-state index contributed by atoms with van der Waals surface area (Å²) < 4.78 is 44.9. The molecule has 0 saturated carbocycles. The Morgan fingerprint density at radius 1 is 1.38 bits per heavy atom. The van der Waals surface area contributed by atoms with Crippen LogP contribution in [-0.2, 0) is 0 Å². The van der Waals surface area contributed by atoms with Crippen LogP contribution in [0.2, 0.25) is 0 Å². The van der Waals surface area contributed by atoms with Gasteiger partial charge in [-0.3, -0.25) is 0 Å². The van der Waals surface area contributed by atoms with Crippen molar-refractivity contribution in [1.29, 1.82) is 0 Å². The van der Waals surface area contributed by atoms with Crippen molar-refractivity contribution >= 4 is 35.0 Å². The summed E-state index contributed by atoms with van der Waals surface area (Å²) in [6.07, 6.45) is 0. The second-order valence-electron chi connectivity index (χ2n) is 0.996. The van der Waals surface area contributed by atoms with Gasteiger partial charge in [-0.15, -0.1) is 0 Å². The molecule has 0 N–H and O–H groups in total. The van der Waals surface area contributed by atoms with Crippen molar-refractivity contribution in [2.45, 2.75) is 5.01 Å². The van der Waals surface area contributed by atoms with Crippen LogP contribution in [0.4, 0.5) is 16.7 Å². The molecule has 0 aromatic heterocycles. The van der Waals surface area contributed by atoms with Gasteiger partial charge >= 0.3 is 56.7 Å². The number of alkyl halides is 3. The van der Waals surface area contributed by atoms with Gasteiger partial charge in [0.15, 0.2) is 0 Å². The predicted molar refractivity (Wildman–Crippen MR) is 27.7 cm³/mol. The van der Waals surface area contributed by atoms with Gasteiger partial charge in [0.1, 0.15) is 0 Å². The third-order valence-corrected chi connectivity index (χ3v) is 5.12. The summed E-state index contributed by atoms with van der Waals surface area (Å²) in [5.41, 5.74) is 0. The van der Waals surface area contributed by atoms with E-state index in [0.29, 0.717) is 0 Å². The summed E-state index contributed by atoms with van der Waals surface area (Å²) >= 11 is 1.76. The van der Waals surface area contributed by atoms with E-state index in [4.69, 9.17) is 0 Å². The Morgan fingerprint density at radius 3 is 1.50 bits per heavy atom. The average Bonchev–Trinajstić information content (AvgIpc) is 1.25. The molecule has 0 rings (SSSR count). The standard InChI is InChI=1S/CBrClF4Ge/c2-8(3,7)1(4,5)6. The van der Waals surface area contributed by atoms with Crippen molar-refractivity contribution in [3.63, 3.8) is 0 Å². The van der Waals surface area contributed by atoms with Crippen LogP contribution in [0.25, 0.3) is 0 Å². The zero-order valence-corrected chi connectivity index (χ0v) is 7.71. The Hall–Kier alpha value is 1.03. The second kappa shape index (κ2) is 2.34. The molecular weight excluding hydrogens is 276 g/mol. The first-order valence-corrected chi connectivity index (χ1v) is 10.9. The van der Waals surface area contributed by atoms with Crippen molar-refractivity contribution in [2.75, 3.05) is 0 Å². The van der Waals surface area contributed by atoms with Crippen LogP contribution in [-0.4, -0.2) is 16.0 Å². The molecule has 0 fully saturated rings. The third kappa shape index (κ3) is 2.54. The van der Waals surface area contributed by atoms with E-state index in [2.05, 4.69) is 10.0 Å². The van der Waals surface area contributed by atoms with Gasteiger partial charge in [-0.05, 0) is 0 Å². The average molecular weight is 276 g/mol. The monoisotopic (exact) mass is 276 g/mol. The quantitative estimate of drug-likeness (QED) is 0.471. The fourth-order valence-corrected chi connectivity index (χ4v) is 0. The van der Waals surface area contributed by atoms with Crippen LogP contribution in [0.5, 0.6) is 0 Å². The molecule has 0 nitrogen and oxygen atoms in total. The molecule has 0 spiro atoms. The number of hydrogen-bond donors (Lipinski definition) is 0. The summed E-state index contributed by atoms with van der Waals surface area (Å²) in [6.45, 7) is 0. The summed E-state index contributed by atoms with van der Waals surface area (Å²) in [5.74, 6) is 0. The van der Waals surface area contributed by atoms with Crippen LogP contribution in [0.3, 0.4) is 0 Å². The summed E-state index contributed by atoms with van der Waals surface area (Å²) in [5, 5.41) is -4.86. The van der Waals surface area contributed by atoms with Gasteiger partial charge in [-0.25, -0.2) is 0 Å². The molecule has 0 heterocycles. The van der Waals surface area contributed by atoms with E-state index in [0.717, 1.165) is 0 Å². The fourth-order valence-electron chi connectivity index (χ4n) is 0. The Labute approximate surface area is 56.8 Å². The molecule has 0 aliphatic heterocycles. The molecule has 0 aromatic carbocycles.